The second-order valence-electron chi connectivity index (χ2n) is 8.63. The number of carbonyl (C=O) groups is 2. The molecule has 1 atom stereocenters. The van der Waals surface area contributed by atoms with E-state index in [1.54, 1.807) is 66.7 Å². The van der Waals surface area contributed by atoms with Gasteiger partial charge in [0.2, 0.25) is 11.8 Å². The summed E-state index contributed by atoms with van der Waals surface area (Å²) < 4.78 is 29.5. The highest BCUT2D eigenvalue weighted by Crippen LogP contribution is 2.26. The Morgan fingerprint density at radius 1 is 0.947 bits per heavy atom. The van der Waals surface area contributed by atoms with Gasteiger partial charge in [0.1, 0.15) is 12.6 Å². The van der Waals surface area contributed by atoms with Crippen molar-refractivity contribution in [3.05, 3.63) is 93.0 Å². The zero-order valence-corrected chi connectivity index (χ0v) is 25.0. The fourth-order valence-corrected chi connectivity index (χ4v) is 5.94. The molecule has 3 aromatic rings. The highest BCUT2D eigenvalue weighted by Gasteiger charge is 2.33. The summed E-state index contributed by atoms with van der Waals surface area (Å²) in [5.74, 6) is -0.803. The predicted molar refractivity (Wildman–Crippen MR) is 160 cm³/mol. The highest BCUT2D eigenvalue weighted by atomic mass is 127. The molecule has 10 heteroatoms. The number of anilines is 1. The minimum absolute atomic E-state index is 0.0580. The molecule has 0 heterocycles. The van der Waals surface area contributed by atoms with Crippen LogP contribution in [0, 0.1) is 3.57 Å². The van der Waals surface area contributed by atoms with Gasteiger partial charge < -0.3 is 10.2 Å². The summed E-state index contributed by atoms with van der Waals surface area (Å²) in [6.07, 6.45) is 1.09. The van der Waals surface area contributed by atoms with Crippen molar-refractivity contribution < 1.29 is 18.0 Å². The average Bonchev–Trinajstić information content (AvgIpc) is 2.92. The van der Waals surface area contributed by atoms with Gasteiger partial charge in [-0.05, 0) is 83.5 Å². The van der Waals surface area contributed by atoms with Gasteiger partial charge >= 0.3 is 0 Å². The second kappa shape index (κ2) is 14.0. The molecular weight excluding hydrogens is 637 g/mol. The number of benzene rings is 3. The molecule has 0 aliphatic heterocycles. The van der Waals surface area contributed by atoms with Crippen LogP contribution in [0.4, 0.5) is 5.69 Å². The normalized spacial score (nSPS) is 12.0. The van der Waals surface area contributed by atoms with E-state index in [4.69, 9.17) is 11.6 Å². The van der Waals surface area contributed by atoms with Crippen LogP contribution in [-0.4, -0.2) is 44.3 Å². The quantitative estimate of drug-likeness (QED) is 0.260. The topological polar surface area (TPSA) is 86.8 Å². The van der Waals surface area contributed by atoms with E-state index in [9.17, 15) is 18.0 Å². The van der Waals surface area contributed by atoms with Crippen LogP contribution in [0.3, 0.4) is 0 Å². The molecule has 2 amide bonds. The lowest BCUT2D eigenvalue weighted by Crippen LogP contribution is -2.52. The Morgan fingerprint density at radius 3 is 2.18 bits per heavy atom. The van der Waals surface area contributed by atoms with Gasteiger partial charge in [-0.25, -0.2) is 8.42 Å². The second-order valence-corrected chi connectivity index (χ2v) is 12.1. The van der Waals surface area contributed by atoms with Crippen LogP contribution in [0.2, 0.25) is 5.02 Å². The number of halogens is 2. The molecule has 0 spiro atoms. The van der Waals surface area contributed by atoms with Crippen LogP contribution in [0.1, 0.15) is 32.3 Å². The number of amides is 2. The Labute approximate surface area is 243 Å². The maximum atomic E-state index is 14.0. The summed E-state index contributed by atoms with van der Waals surface area (Å²) in [7, 11) is -4.09. The molecule has 3 rings (SSSR count). The van der Waals surface area contributed by atoms with E-state index in [1.807, 2.05) is 13.8 Å². The van der Waals surface area contributed by atoms with Crippen molar-refractivity contribution in [2.45, 2.75) is 44.2 Å². The number of carbonyl (C=O) groups excluding carboxylic acids is 2. The van der Waals surface area contributed by atoms with Gasteiger partial charge in [-0.1, -0.05) is 61.8 Å². The van der Waals surface area contributed by atoms with Gasteiger partial charge in [0.15, 0.2) is 0 Å². The largest absolute Gasteiger partial charge is 0.354 e. The first-order valence-corrected chi connectivity index (χ1v) is 15.2. The molecule has 0 saturated heterocycles. The Balaban J connectivity index is 2.04. The minimum Gasteiger partial charge on any atom is -0.354 e. The summed E-state index contributed by atoms with van der Waals surface area (Å²) in [6, 6.07) is 21.2. The van der Waals surface area contributed by atoms with Gasteiger partial charge in [0, 0.05) is 21.7 Å². The Kier molecular flexibility index (Phi) is 11.0. The third kappa shape index (κ3) is 7.48. The lowest BCUT2D eigenvalue weighted by molar-refractivity contribution is -0.140. The lowest BCUT2D eigenvalue weighted by atomic mass is 10.1. The number of nitrogens with one attached hydrogen (secondary N) is 1. The first kappa shape index (κ1) is 29.9. The molecular formula is C28H31ClIN3O4S. The van der Waals surface area contributed by atoms with Crippen molar-refractivity contribution in [3.8, 4) is 0 Å². The number of rotatable bonds is 12. The molecule has 0 fully saturated rings. The summed E-state index contributed by atoms with van der Waals surface area (Å²) in [5, 5.41) is 3.33. The zero-order chi connectivity index (χ0) is 27.7. The molecule has 0 aliphatic carbocycles. The van der Waals surface area contributed by atoms with Gasteiger partial charge in [-0.3, -0.25) is 13.9 Å². The van der Waals surface area contributed by atoms with E-state index in [0.717, 1.165) is 14.3 Å². The van der Waals surface area contributed by atoms with Crippen LogP contribution in [0.5, 0.6) is 0 Å². The summed E-state index contributed by atoms with van der Waals surface area (Å²) >= 11 is 8.54. The first-order chi connectivity index (χ1) is 18.2. The standard InChI is InChI=1S/C28H31ClIN3O4S/c1-3-18-31-28(35)26(4-2)32(19-21-10-8-9-13-25(21)29)27(34)20-33(23-16-14-22(30)15-17-23)38(36,37)24-11-6-5-7-12-24/h5-17,26H,3-4,18-20H2,1-2H3,(H,31,35). The zero-order valence-electron chi connectivity index (χ0n) is 21.3. The molecule has 1 unspecified atom stereocenters. The SMILES string of the molecule is CCCNC(=O)C(CC)N(Cc1ccccc1Cl)C(=O)CN(c1ccc(I)cc1)S(=O)(=O)c1ccccc1. The third-order valence-electron chi connectivity index (χ3n) is 5.96. The summed E-state index contributed by atoms with van der Waals surface area (Å²) in [5.41, 5.74) is 1.01. The van der Waals surface area contributed by atoms with Crippen LogP contribution >= 0.6 is 34.2 Å². The number of nitrogens with zero attached hydrogens (tertiary/aromatic N) is 2. The molecule has 3 aromatic carbocycles. The summed E-state index contributed by atoms with van der Waals surface area (Å²) in [6.45, 7) is 3.81. The van der Waals surface area contributed by atoms with E-state index < -0.39 is 28.5 Å². The number of sulfonamides is 1. The highest BCUT2D eigenvalue weighted by molar-refractivity contribution is 14.1. The maximum Gasteiger partial charge on any atom is 0.264 e. The van der Waals surface area contributed by atoms with E-state index in [0.29, 0.717) is 29.2 Å². The van der Waals surface area contributed by atoms with Crippen molar-refractivity contribution >= 4 is 61.7 Å². The maximum absolute atomic E-state index is 14.0. The van der Waals surface area contributed by atoms with Crippen LogP contribution in [0.15, 0.2) is 83.8 Å². The molecule has 0 radical (unpaired) electrons. The van der Waals surface area contributed by atoms with E-state index in [-0.39, 0.29) is 17.3 Å². The Bertz CT molecular complexity index is 1340. The minimum atomic E-state index is -4.09. The van der Waals surface area contributed by atoms with Crippen molar-refractivity contribution in [2.75, 3.05) is 17.4 Å². The molecule has 202 valence electrons. The molecule has 0 aromatic heterocycles. The molecule has 7 nitrogen and oxygen atoms in total. The van der Waals surface area contributed by atoms with Crippen molar-refractivity contribution in [1.29, 1.82) is 0 Å². The van der Waals surface area contributed by atoms with Gasteiger partial charge in [-0.2, -0.15) is 0 Å². The van der Waals surface area contributed by atoms with Crippen molar-refractivity contribution in [1.82, 2.24) is 10.2 Å². The third-order valence-corrected chi connectivity index (χ3v) is 8.83. The van der Waals surface area contributed by atoms with Gasteiger partial charge in [0.05, 0.1) is 10.6 Å². The fraction of sp³-hybridized carbons (Fsp3) is 0.286. The van der Waals surface area contributed by atoms with E-state index in [1.165, 1.54) is 17.0 Å². The summed E-state index contributed by atoms with van der Waals surface area (Å²) in [4.78, 5) is 28.5. The lowest BCUT2D eigenvalue weighted by Gasteiger charge is -2.33. The number of hydrogen-bond donors (Lipinski definition) is 1. The van der Waals surface area contributed by atoms with E-state index >= 15 is 0 Å². The first-order valence-electron chi connectivity index (χ1n) is 12.3. The Hall–Kier alpha value is -2.63. The monoisotopic (exact) mass is 667 g/mol. The average molecular weight is 668 g/mol. The molecule has 1 N–H and O–H groups in total. The van der Waals surface area contributed by atoms with Crippen LogP contribution in [-0.2, 0) is 26.2 Å². The van der Waals surface area contributed by atoms with Gasteiger partial charge in [0.25, 0.3) is 10.0 Å². The van der Waals surface area contributed by atoms with Crippen molar-refractivity contribution in [3.63, 3.8) is 0 Å². The molecule has 0 saturated carbocycles. The predicted octanol–water partition coefficient (Wildman–Crippen LogP) is 5.47. The molecule has 0 bridgehead atoms. The van der Waals surface area contributed by atoms with Crippen LogP contribution < -0.4 is 9.62 Å². The molecule has 0 aliphatic rings. The van der Waals surface area contributed by atoms with Crippen molar-refractivity contribution in [2.24, 2.45) is 0 Å². The smallest absolute Gasteiger partial charge is 0.264 e. The number of hydrogen-bond acceptors (Lipinski definition) is 4. The van der Waals surface area contributed by atoms with Gasteiger partial charge in [-0.15, -0.1) is 0 Å². The van der Waals surface area contributed by atoms with E-state index in [2.05, 4.69) is 27.9 Å². The Morgan fingerprint density at radius 2 is 1.58 bits per heavy atom. The molecule has 38 heavy (non-hydrogen) atoms. The fourth-order valence-electron chi connectivity index (χ4n) is 3.95. The van der Waals surface area contributed by atoms with Crippen LogP contribution in [0.25, 0.3) is 0 Å².